The van der Waals surface area contributed by atoms with Crippen LogP contribution < -0.4 is 5.56 Å². The summed E-state index contributed by atoms with van der Waals surface area (Å²) in [5.41, 5.74) is 2.08. The highest BCUT2D eigenvalue weighted by Gasteiger charge is 2.21. The van der Waals surface area contributed by atoms with Crippen molar-refractivity contribution in [2.75, 3.05) is 6.61 Å². The number of aromatic nitrogens is 3. The maximum absolute atomic E-state index is 12.6. The van der Waals surface area contributed by atoms with Crippen LogP contribution in [0, 0.1) is 13.8 Å². The number of benzene rings is 1. The Morgan fingerprint density at radius 2 is 1.79 bits per heavy atom. The average molecular weight is 381 g/mol. The molecular weight excluding hydrogens is 358 g/mol. The van der Waals surface area contributed by atoms with Gasteiger partial charge in [0, 0.05) is 35.4 Å². The summed E-state index contributed by atoms with van der Waals surface area (Å²) in [6.45, 7) is 7.52. The highest BCUT2D eigenvalue weighted by atomic mass is 16.5. The lowest BCUT2D eigenvalue weighted by Crippen LogP contribution is -2.24. The largest absolute Gasteiger partial charge is 0.452 e. The molecule has 0 atom stereocenters. The minimum atomic E-state index is -0.738. The Morgan fingerprint density at radius 3 is 2.39 bits per heavy atom. The Kier molecular flexibility index (Phi) is 5.18. The van der Waals surface area contributed by atoms with Crippen molar-refractivity contribution in [3.05, 3.63) is 63.3 Å². The molecule has 0 unspecified atom stereocenters. The number of fused-ring (bicyclic) bond motifs is 1. The molecule has 0 saturated heterocycles. The number of rotatable bonds is 5. The monoisotopic (exact) mass is 381 g/mol. The van der Waals surface area contributed by atoms with Crippen LogP contribution in [0.3, 0.4) is 0 Å². The highest BCUT2D eigenvalue weighted by Crippen LogP contribution is 2.21. The van der Waals surface area contributed by atoms with Gasteiger partial charge >= 0.3 is 5.97 Å². The van der Waals surface area contributed by atoms with Gasteiger partial charge in [-0.05, 0) is 39.8 Å². The molecule has 1 aromatic carbocycles. The molecule has 2 heterocycles. The second-order valence-corrected chi connectivity index (χ2v) is 7.07. The van der Waals surface area contributed by atoms with Crippen LogP contribution in [0.25, 0.3) is 10.8 Å². The fourth-order valence-electron chi connectivity index (χ4n) is 3.58. The summed E-state index contributed by atoms with van der Waals surface area (Å²) in [5, 5.41) is 4.80. The van der Waals surface area contributed by atoms with Crippen molar-refractivity contribution in [1.82, 2.24) is 14.3 Å². The van der Waals surface area contributed by atoms with Crippen molar-refractivity contribution in [3.63, 3.8) is 0 Å². The van der Waals surface area contributed by atoms with E-state index in [9.17, 15) is 14.4 Å². The number of Topliss-reactive ketones (excluding diaryl/α,β-unsaturated/α-hetero) is 1. The van der Waals surface area contributed by atoms with E-state index < -0.39 is 5.97 Å². The van der Waals surface area contributed by atoms with E-state index in [1.165, 1.54) is 7.05 Å². The number of nitrogens with zero attached hydrogens (tertiary/aromatic N) is 3. The van der Waals surface area contributed by atoms with E-state index in [-0.39, 0.29) is 29.7 Å². The van der Waals surface area contributed by atoms with Crippen LogP contribution >= 0.6 is 0 Å². The van der Waals surface area contributed by atoms with Crippen molar-refractivity contribution in [2.45, 2.75) is 33.7 Å². The third-order valence-electron chi connectivity index (χ3n) is 4.79. The molecule has 7 heteroatoms. The van der Waals surface area contributed by atoms with E-state index >= 15 is 0 Å². The third-order valence-corrected chi connectivity index (χ3v) is 4.79. The predicted octanol–water partition coefficient (Wildman–Crippen LogP) is 2.97. The molecule has 0 aliphatic heterocycles. The van der Waals surface area contributed by atoms with Gasteiger partial charge in [0.1, 0.15) is 0 Å². The molecule has 0 amide bonds. The fourth-order valence-corrected chi connectivity index (χ4v) is 3.58. The SMILES string of the molecule is Cc1cc(C(=O)COC(=O)c2nn(C)c(=O)c3ccccc23)c(C)n1C(C)C. The molecule has 3 aromatic rings. The molecule has 2 aromatic heterocycles. The van der Waals surface area contributed by atoms with Crippen molar-refractivity contribution in [2.24, 2.45) is 7.05 Å². The number of hydrogen-bond donors (Lipinski definition) is 0. The zero-order chi connectivity index (χ0) is 20.6. The molecule has 0 aliphatic carbocycles. The first kappa shape index (κ1) is 19.5. The van der Waals surface area contributed by atoms with Crippen LogP contribution in [0.2, 0.25) is 0 Å². The van der Waals surface area contributed by atoms with Crippen molar-refractivity contribution in [1.29, 1.82) is 0 Å². The Bertz CT molecular complexity index is 1140. The molecule has 0 bridgehead atoms. The molecule has 0 aliphatic rings. The van der Waals surface area contributed by atoms with Crippen molar-refractivity contribution >= 4 is 22.5 Å². The van der Waals surface area contributed by atoms with Crippen LogP contribution in [0.1, 0.15) is 52.1 Å². The van der Waals surface area contributed by atoms with Gasteiger partial charge in [0.25, 0.3) is 5.56 Å². The topological polar surface area (TPSA) is 83.2 Å². The van der Waals surface area contributed by atoms with E-state index in [2.05, 4.69) is 9.67 Å². The summed E-state index contributed by atoms with van der Waals surface area (Å²) in [4.78, 5) is 37.3. The fraction of sp³-hybridized carbons (Fsp3) is 0.333. The second kappa shape index (κ2) is 7.42. The number of esters is 1. The van der Waals surface area contributed by atoms with Crippen LogP contribution in [-0.2, 0) is 11.8 Å². The number of aryl methyl sites for hydroxylation is 2. The first-order valence-electron chi connectivity index (χ1n) is 9.07. The summed E-state index contributed by atoms with van der Waals surface area (Å²) >= 11 is 0. The molecular formula is C21H23N3O4. The third kappa shape index (κ3) is 3.35. The van der Waals surface area contributed by atoms with Crippen LogP contribution in [0.5, 0.6) is 0 Å². The van der Waals surface area contributed by atoms with Gasteiger partial charge in [-0.2, -0.15) is 5.10 Å². The van der Waals surface area contributed by atoms with Crippen LogP contribution in [-0.4, -0.2) is 32.7 Å². The summed E-state index contributed by atoms with van der Waals surface area (Å²) < 4.78 is 8.40. The van der Waals surface area contributed by atoms with E-state index in [0.29, 0.717) is 16.3 Å². The predicted molar refractivity (Wildman–Crippen MR) is 106 cm³/mol. The average Bonchev–Trinajstić information content (AvgIpc) is 2.96. The van der Waals surface area contributed by atoms with Gasteiger partial charge in [-0.25, -0.2) is 9.48 Å². The smallest absolute Gasteiger partial charge is 0.359 e. The van der Waals surface area contributed by atoms with Crippen LogP contribution in [0.15, 0.2) is 35.1 Å². The maximum atomic E-state index is 12.6. The van der Waals surface area contributed by atoms with Crippen molar-refractivity contribution < 1.29 is 14.3 Å². The number of carbonyl (C=O) groups excluding carboxylic acids is 2. The van der Waals surface area contributed by atoms with E-state index in [0.717, 1.165) is 16.1 Å². The molecule has 0 fully saturated rings. The lowest BCUT2D eigenvalue weighted by molar-refractivity contribution is 0.0468. The number of ether oxygens (including phenoxy) is 1. The number of hydrogen-bond acceptors (Lipinski definition) is 5. The zero-order valence-corrected chi connectivity index (χ0v) is 16.6. The summed E-state index contributed by atoms with van der Waals surface area (Å²) in [5.74, 6) is -1.01. The van der Waals surface area contributed by atoms with E-state index in [4.69, 9.17) is 4.74 Å². The summed E-state index contributed by atoms with van der Waals surface area (Å²) in [6.07, 6.45) is 0. The molecule has 0 spiro atoms. The molecule has 3 rings (SSSR count). The van der Waals surface area contributed by atoms with Gasteiger partial charge in [0.2, 0.25) is 5.78 Å². The molecule has 146 valence electrons. The normalized spacial score (nSPS) is 11.2. The van der Waals surface area contributed by atoms with Gasteiger partial charge in [0.05, 0.1) is 5.39 Å². The first-order chi connectivity index (χ1) is 13.2. The highest BCUT2D eigenvalue weighted by molar-refractivity contribution is 6.04. The van der Waals surface area contributed by atoms with Gasteiger partial charge in [-0.3, -0.25) is 9.59 Å². The maximum Gasteiger partial charge on any atom is 0.359 e. The van der Waals surface area contributed by atoms with Crippen LogP contribution in [0.4, 0.5) is 0 Å². The van der Waals surface area contributed by atoms with Gasteiger partial charge in [-0.1, -0.05) is 18.2 Å². The van der Waals surface area contributed by atoms with Gasteiger partial charge < -0.3 is 9.30 Å². The zero-order valence-electron chi connectivity index (χ0n) is 16.6. The molecule has 0 saturated carbocycles. The summed E-state index contributed by atoms with van der Waals surface area (Å²) in [7, 11) is 1.47. The van der Waals surface area contributed by atoms with E-state index in [1.54, 1.807) is 24.3 Å². The molecule has 0 radical (unpaired) electrons. The number of ketones is 1. The minimum absolute atomic E-state index is 0.0122. The summed E-state index contributed by atoms with van der Waals surface area (Å²) in [6, 6.07) is 8.73. The van der Waals surface area contributed by atoms with Crippen molar-refractivity contribution in [3.8, 4) is 0 Å². The Morgan fingerprint density at radius 1 is 1.14 bits per heavy atom. The van der Waals surface area contributed by atoms with Gasteiger partial charge in [-0.15, -0.1) is 0 Å². The first-order valence-corrected chi connectivity index (χ1v) is 9.07. The minimum Gasteiger partial charge on any atom is -0.452 e. The molecule has 0 N–H and O–H groups in total. The Labute approximate surface area is 162 Å². The second-order valence-electron chi connectivity index (χ2n) is 7.07. The quantitative estimate of drug-likeness (QED) is 0.501. The van der Waals surface area contributed by atoms with Gasteiger partial charge in [0.15, 0.2) is 12.3 Å². The Balaban J connectivity index is 1.85. The van der Waals surface area contributed by atoms with E-state index in [1.807, 2.05) is 33.8 Å². The molecule has 28 heavy (non-hydrogen) atoms. The Hall–Kier alpha value is -3.22. The number of carbonyl (C=O) groups is 2. The lowest BCUT2D eigenvalue weighted by Gasteiger charge is -2.13. The lowest BCUT2D eigenvalue weighted by atomic mass is 10.1. The molecule has 7 nitrogen and oxygen atoms in total. The standard InChI is InChI=1S/C21H23N3O4/c1-12(2)24-13(3)10-17(14(24)4)18(25)11-28-21(27)19-15-8-6-7-9-16(15)20(26)23(5)22-19/h6-10,12H,11H2,1-5H3.